The molecule has 0 saturated heterocycles. The second-order valence-electron chi connectivity index (χ2n) is 7.64. The van der Waals surface area contributed by atoms with Crippen LogP contribution in [0, 0.1) is 19.7 Å². The third kappa shape index (κ3) is 3.63. The Balaban J connectivity index is 1.96. The zero-order chi connectivity index (χ0) is 22.3. The van der Waals surface area contributed by atoms with Gasteiger partial charge in [-0.15, -0.1) is 0 Å². The van der Waals surface area contributed by atoms with Crippen molar-refractivity contribution < 1.29 is 18.4 Å². The third-order valence-corrected chi connectivity index (χ3v) is 5.51. The molecule has 0 fully saturated rings. The molecular formula is C26H22FNO3. The van der Waals surface area contributed by atoms with Gasteiger partial charge in [-0.05, 0) is 85.5 Å². The molecule has 0 spiro atoms. The monoisotopic (exact) mass is 415 g/mol. The van der Waals surface area contributed by atoms with E-state index in [1.165, 1.54) is 12.1 Å². The van der Waals surface area contributed by atoms with Crippen molar-refractivity contribution in [1.82, 2.24) is 5.32 Å². The fourth-order valence-corrected chi connectivity index (χ4v) is 3.96. The molecule has 0 atom stereocenters. The van der Waals surface area contributed by atoms with Gasteiger partial charge in [0.05, 0.1) is 5.56 Å². The molecular weight excluding hydrogens is 393 g/mol. The van der Waals surface area contributed by atoms with E-state index in [1.807, 2.05) is 44.2 Å². The van der Waals surface area contributed by atoms with Crippen molar-refractivity contribution in [1.29, 1.82) is 0 Å². The number of amides is 1. The molecule has 1 amide bonds. The predicted octanol–water partition coefficient (Wildman–Crippen LogP) is 6.08. The van der Waals surface area contributed by atoms with Crippen LogP contribution in [0.25, 0.3) is 33.4 Å². The number of nitrogens with one attached hydrogen (secondary N) is 1. The van der Waals surface area contributed by atoms with Crippen LogP contribution in [0.4, 0.5) is 4.39 Å². The number of aryl methyl sites for hydroxylation is 2. The van der Waals surface area contributed by atoms with E-state index in [1.54, 1.807) is 26.1 Å². The number of Topliss-reactive ketones (excluding diaryl/α,β-unsaturated/α-hetero) is 1. The Bertz CT molecular complexity index is 1330. The molecule has 5 heteroatoms. The molecule has 1 heterocycles. The maximum Gasteiger partial charge on any atom is 0.255 e. The van der Waals surface area contributed by atoms with E-state index in [0.717, 1.165) is 22.3 Å². The van der Waals surface area contributed by atoms with Gasteiger partial charge in [-0.3, -0.25) is 9.59 Å². The summed E-state index contributed by atoms with van der Waals surface area (Å²) in [4.78, 5) is 24.8. The molecule has 0 radical (unpaired) electrons. The molecule has 4 rings (SSSR count). The molecule has 4 nitrogen and oxygen atoms in total. The zero-order valence-corrected chi connectivity index (χ0v) is 17.8. The third-order valence-electron chi connectivity index (χ3n) is 5.51. The van der Waals surface area contributed by atoms with Gasteiger partial charge >= 0.3 is 0 Å². The number of furan rings is 1. The van der Waals surface area contributed by atoms with Crippen LogP contribution in [0.2, 0.25) is 0 Å². The molecule has 4 aromatic rings. The van der Waals surface area contributed by atoms with Gasteiger partial charge in [0.2, 0.25) is 0 Å². The minimum atomic E-state index is -0.361. The van der Waals surface area contributed by atoms with E-state index < -0.39 is 0 Å². The minimum absolute atomic E-state index is 0.00721. The normalized spacial score (nSPS) is 11.0. The average Bonchev–Trinajstić information content (AvgIpc) is 3.12. The second-order valence-corrected chi connectivity index (χ2v) is 7.64. The smallest absolute Gasteiger partial charge is 0.255 e. The van der Waals surface area contributed by atoms with Crippen molar-refractivity contribution in [2.24, 2.45) is 0 Å². The fourth-order valence-electron chi connectivity index (χ4n) is 3.96. The lowest BCUT2D eigenvalue weighted by atomic mass is 9.92. The highest BCUT2D eigenvalue weighted by atomic mass is 19.1. The lowest BCUT2D eigenvalue weighted by molar-refractivity contribution is 0.0963. The zero-order valence-electron chi connectivity index (χ0n) is 17.8. The van der Waals surface area contributed by atoms with Crippen LogP contribution in [0.3, 0.4) is 0 Å². The number of hydrogen-bond acceptors (Lipinski definition) is 3. The van der Waals surface area contributed by atoms with Crippen LogP contribution < -0.4 is 5.32 Å². The molecule has 31 heavy (non-hydrogen) atoms. The molecule has 156 valence electrons. The van der Waals surface area contributed by atoms with E-state index in [9.17, 15) is 14.0 Å². The maximum atomic E-state index is 13.4. The number of rotatable bonds is 4. The fraction of sp³-hybridized carbons (Fsp3) is 0.154. The Morgan fingerprint density at radius 3 is 2.23 bits per heavy atom. The Kier molecular flexibility index (Phi) is 5.19. The van der Waals surface area contributed by atoms with Crippen LogP contribution in [0.1, 0.15) is 38.8 Å². The number of carbonyl (C=O) groups excluding carboxylic acids is 2. The van der Waals surface area contributed by atoms with Crippen LogP contribution in [-0.4, -0.2) is 18.7 Å². The molecule has 1 aromatic heterocycles. The molecule has 0 saturated carbocycles. The van der Waals surface area contributed by atoms with Gasteiger partial charge in [0, 0.05) is 23.6 Å². The van der Waals surface area contributed by atoms with Crippen molar-refractivity contribution in [2.45, 2.75) is 20.8 Å². The van der Waals surface area contributed by atoms with Crippen LogP contribution in [0.5, 0.6) is 0 Å². The Morgan fingerprint density at radius 2 is 1.58 bits per heavy atom. The summed E-state index contributed by atoms with van der Waals surface area (Å²) in [6, 6.07) is 15.4. The summed E-state index contributed by atoms with van der Waals surface area (Å²) in [6.45, 7) is 5.47. The van der Waals surface area contributed by atoms with Crippen LogP contribution >= 0.6 is 0 Å². The number of halogens is 1. The lowest BCUT2D eigenvalue weighted by Gasteiger charge is -2.11. The van der Waals surface area contributed by atoms with E-state index in [0.29, 0.717) is 33.4 Å². The topological polar surface area (TPSA) is 59.3 Å². The van der Waals surface area contributed by atoms with Gasteiger partial charge in [-0.1, -0.05) is 12.1 Å². The number of ketones is 1. The highest BCUT2D eigenvalue weighted by Gasteiger charge is 2.22. The van der Waals surface area contributed by atoms with Gasteiger partial charge in [-0.2, -0.15) is 0 Å². The van der Waals surface area contributed by atoms with Gasteiger partial charge in [-0.25, -0.2) is 4.39 Å². The standard InChI is InChI=1S/C26H22FNO3/c1-14-11-15(2)21(13-20(14)16(3)29)18-7-10-23-22(12-18)24(26(30)28-4)25(31-23)17-5-8-19(27)9-6-17/h5-13H,1-4H3,(H,28,30). The second kappa shape index (κ2) is 7.84. The van der Waals surface area contributed by atoms with Crippen molar-refractivity contribution in [3.63, 3.8) is 0 Å². The van der Waals surface area contributed by atoms with Gasteiger partial charge in [0.15, 0.2) is 5.78 Å². The highest BCUT2D eigenvalue weighted by Crippen LogP contribution is 2.37. The first kappa shape index (κ1) is 20.5. The van der Waals surface area contributed by atoms with Crippen LogP contribution in [0.15, 0.2) is 59.0 Å². The van der Waals surface area contributed by atoms with E-state index in [4.69, 9.17) is 4.42 Å². The van der Waals surface area contributed by atoms with Gasteiger partial charge in [0.25, 0.3) is 5.91 Å². The highest BCUT2D eigenvalue weighted by molar-refractivity contribution is 6.12. The Morgan fingerprint density at radius 1 is 0.903 bits per heavy atom. The number of hydrogen-bond donors (Lipinski definition) is 1. The molecule has 0 bridgehead atoms. The first-order chi connectivity index (χ1) is 14.8. The van der Waals surface area contributed by atoms with E-state index in [2.05, 4.69) is 5.32 Å². The maximum absolute atomic E-state index is 13.4. The van der Waals surface area contributed by atoms with E-state index >= 15 is 0 Å². The number of fused-ring (bicyclic) bond motifs is 1. The molecule has 0 aliphatic rings. The molecule has 0 aliphatic carbocycles. The van der Waals surface area contributed by atoms with Crippen molar-refractivity contribution >= 4 is 22.7 Å². The minimum Gasteiger partial charge on any atom is -0.455 e. The molecule has 1 N–H and O–H groups in total. The summed E-state index contributed by atoms with van der Waals surface area (Å²) in [5, 5.41) is 3.32. The lowest BCUT2D eigenvalue weighted by Crippen LogP contribution is -2.18. The summed E-state index contributed by atoms with van der Waals surface area (Å²) in [6.07, 6.45) is 0. The van der Waals surface area contributed by atoms with Crippen LogP contribution in [-0.2, 0) is 0 Å². The summed E-state index contributed by atoms with van der Waals surface area (Å²) in [5.41, 5.74) is 6.00. The van der Waals surface area contributed by atoms with Crippen molar-refractivity contribution in [2.75, 3.05) is 7.05 Å². The predicted molar refractivity (Wildman–Crippen MR) is 120 cm³/mol. The summed E-state index contributed by atoms with van der Waals surface area (Å²) < 4.78 is 19.4. The largest absolute Gasteiger partial charge is 0.455 e. The molecule has 0 unspecified atom stereocenters. The van der Waals surface area contributed by atoms with Crippen molar-refractivity contribution in [3.8, 4) is 22.5 Å². The Labute approximate surface area is 179 Å². The quantitative estimate of drug-likeness (QED) is 0.411. The van der Waals surface area contributed by atoms with Gasteiger partial charge < -0.3 is 9.73 Å². The van der Waals surface area contributed by atoms with Crippen molar-refractivity contribution in [3.05, 3.63) is 82.7 Å². The summed E-state index contributed by atoms with van der Waals surface area (Å²) >= 11 is 0. The first-order valence-corrected chi connectivity index (χ1v) is 9.97. The Hall–Kier alpha value is -3.73. The average molecular weight is 415 g/mol. The molecule has 0 aliphatic heterocycles. The molecule has 3 aromatic carbocycles. The SMILES string of the molecule is CNC(=O)c1c(-c2ccc(F)cc2)oc2ccc(-c3cc(C(C)=O)c(C)cc3C)cc12. The first-order valence-electron chi connectivity index (χ1n) is 9.97. The summed E-state index contributed by atoms with van der Waals surface area (Å²) in [7, 11) is 1.56. The number of carbonyl (C=O) groups is 2. The number of benzene rings is 3. The summed E-state index contributed by atoms with van der Waals surface area (Å²) in [5.74, 6) is -0.260. The van der Waals surface area contributed by atoms with Gasteiger partial charge in [0.1, 0.15) is 17.2 Å². The van der Waals surface area contributed by atoms with E-state index in [-0.39, 0.29) is 17.5 Å².